The number of halogens is 2. The van der Waals surface area contributed by atoms with Crippen molar-refractivity contribution in [2.45, 2.75) is 27.3 Å². The number of nitrogens with one attached hydrogen (secondary N) is 1. The monoisotopic (exact) mass is 514 g/mol. The molecule has 3 aromatic rings. The van der Waals surface area contributed by atoms with E-state index in [0.29, 0.717) is 26.9 Å². The molecule has 0 saturated heterocycles. The zero-order valence-electron chi connectivity index (χ0n) is 19.0. The number of carbonyl (C=O) groups excluding carboxylic acids is 2. The molecule has 1 N–H and O–H groups in total. The molecule has 5 nitrogen and oxygen atoms in total. The van der Waals surface area contributed by atoms with Crippen molar-refractivity contribution in [3.8, 4) is 0 Å². The van der Waals surface area contributed by atoms with E-state index in [9.17, 15) is 9.59 Å². The Balaban J connectivity index is 1.91. The smallest absolute Gasteiger partial charge is 0.338 e. The van der Waals surface area contributed by atoms with Gasteiger partial charge >= 0.3 is 5.97 Å². The predicted molar refractivity (Wildman–Crippen MR) is 141 cm³/mol. The predicted octanol–water partition coefficient (Wildman–Crippen LogP) is 6.51. The summed E-state index contributed by atoms with van der Waals surface area (Å²) >= 11 is 18.1. The van der Waals surface area contributed by atoms with Crippen LogP contribution < -0.4 is 10.2 Å². The highest BCUT2D eigenvalue weighted by atomic mass is 35.5. The second-order valence-electron chi connectivity index (χ2n) is 7.72. The standard InChI is InChI=1S/C26H24Cl2N2O3S/c1-4-33-25(32)18-6-9-22(10-7-18)30(15-19-5-8-21(27)14-23(19)28)26(34)29-24(31)20-12-16(2)11-17(3)13-20/h5-14H,4,15H2,1-3H3,(H,29,31,34). The van der Waals surface area contributed by atoms with Crippen molar-refractivity contribution >= 4 is 58.1 Å². The Hall–Kier alpha value is -2.93. The Morgan fingerprint density at radius 2 is 1.59 bits per heavy atom. The molecule has 0 aliphatic rings. The van der Waals surface area contributed by atoms with Crippen LogP contribution in [0.1, 0.15) is 44.3 Å². The third kappa shape index (κ3) is 6.56. The Kier molecular flexibility index (Phi) is 8.67. The maximum absolute atomic E-state index is 12.9. The number of benzene rings is 3. The van der Waals surface area contributed by atoms with Crippen molar-refractivity contribution in [2.75, 3.05) is 11.5 Å². The van der Waals surface area contributed by atoms with Crippen LogP contribution in [0.25, 0.3) is 0 Å². The third-order valence-corrected chi connectivity index (χ3v) is 5.89. The molecular weight excluding hydrogens is 491 g/mol. The molecule has 0 spiro atoms. The molecule has 0 heterocycles. The van der Waals surface area contributed by atoms with Gasteiger partial charge < -0.3 is 9.64 Å². The van der Waals surface area contributed by atoms with Gasteiger partial charge in [0, 0.05) is 21.3 Å². The number of ether oxygens (including phenoxy) is 1. The molecular formula is C26H24Cl2N2O3S. The number of hydrogen-bond acceptors (Lipinski definition) is 4. The van der Waals surface area contributed by atoms with Gasteiger partial charge in [-0.1, -0.05) is 46.5 Å². The SMILES string of the molecule is CCOC(=O)c1ccc(N(Cc2ccc(Cl)cc2Cl)C(=S)NC(=O)c2cc(C)cc(C)c2)cc1. The summed E-state index contributed by atoms with van der Waals surface area (Å²) in [5.41, 5.74) is 4.33. The number of aryl methyl sites for hydroxylation is 2. The van der Waals surface area contributed by atoms with Crippen molar-refractivity contribution < 1.29 is 14.3 Å². The number of amides is 1. The first-order chi connectivity index (χ1) is 16.2. The Morgan fingerprint density at radius 1 is 0.941 bits per heavy atom. The summed E-state index contributed by atoms with van der Waals surface area (Å²) in [6, 6.07) is 17.6. The van der Waals surface area contributed by atoms with Gasteiger partial charge in [0.2, 0.25) is 0 Å². The van der Waals surface area contributed by atoms with Crippen LogP contribution in [0.3, 0.4) is 0 Å². The second-order valence-corrected chi connectivity index (χ2v) is 8.96. The zero-order valence-corrected chi connectivity index (χ0v) is 21.4. The van der Waals surface area contributed by atoms with E-state index in [1.807, 2.05) is 19.9 Å². The van der Waals surface area contributed by atoms with Gasteiger partial charge in [0.15, 0.2) is 5.11 Å². The van der Waals surface area contributed by atoms with Crippen molar-refractivity contribution in [3.63, 3.8) is 0 Å². The van der Waals surface area contributed by atoms with Crippen LogP contribution in [0.2, 0.25) is 10.0 Å². The van der Waals surface area contributed by atoms with Crippen LogP contribution in [-0.2, 0) is 11.3 Å². The van der Waals surface area contributed by atoms with Gasteiger partial charge in [-0.15, -0.1) is 0 Å². The lowest BCUT2D eigenvalue weighted by molar-refractivity contribution is 0.0526. The lowest BCUT2D eigenvalue weighted by atomic mass is 10.1. The average molecular weight is 515 g/mol. The highest BCUT2D eigenvalue weighted by Gasteiger charge is 2.19. The van der Waals surface area contributed by atoms with Gasteiger partial charge in [-0.05, 0) is 87.1 Å². The van der Waals surface area contributed by atoms with E-state index < -0.39 is 5.97 Å². The summed E-state index contributed by atoms with van der Waals surface area (Å²) in [7, 11) is 0. The molecule has 0 atom stereocenters. The van der Waals surface area contributed by atoms with Crippen molar-refractivity contribution in [1.29, 1.82) is 0 Å². The van der Waals surface area contributed by atoms with Crippen LogP contribution in [0.4, 0.5) is 5.69 Å². The van der Waals surface area contributed by atoms with Gasteiger partial charge in [-0.25, -0.2) is 4.79 Å². The minimum atomic E-state index is -0.410. The quantitative estimate of drug-likeness (QED) is 0.300. The first-order valence-electron chi connectivity index (χ1n) is 10.6. The minimum Gasteiger partial charge on any atom is -0.462 e. The molecule has 0 aliphatic carbocycles. The molecule has 0 aromatic heterocycles. The molecule has 8 heteroatoms. The lowest BCUT2D eigenvalue weighted by Gasteiger charge is -2.26. The summed E-state index contributed by atoms with van der Waals surface area (Å²) in [6.45, 7) is 6.18. The fourth-order valence-corrected chi connectivity index (χ4v) is 4.17. The molecule has 3 aromatic carbocycles. The Bertz CT molecular complexity index is 1210. The topological polar surface area (TPSA) is 58.6 Å². The normalized spacial score (nSPS) is 10.5. The molecule has 34 heavy (non-hydrogen) atoms. The van der Waals surface area contributed by atoms with E-state index in [2.05, 4.69) is 5.32 Å². The minimum absolute atomic E-state index is 0.194. The van der Waals surface area contributed by atoms with Crippen LogP contribution in [0.5, 0.6) is 0 Å². The number of nitrogens with zero attached hydrogens (tertiary/aromatic N) is 1. The summed E-state index contributed by atoms with van der Waals surface area (Å²) in [6.07, 6.45) is 0. The van der Waals surface area contributed by atoms with Crippen molar-refractivity contribution in [3.05, 3.63) is 98.5 Å². The highest BCUT2D eigenvalue weighted by Crippen LogP contribution is 2.25. The van der Waals surface area contributed by atoms with Gasteiger partial charge in [-0.2, -0.15) is 0 Å². The fourth-order valence-electron chi connectivity index (χ4n) is 3.44. The summed E-state index contributed by atoms with van der Waals surface area (Å²) in [5.74, 6) is -0.723. The van der Waals surface area contributed by atoms with Crippen molar-refractivity contribution in [2.24, 2.45) is 0 Å². The molecule has 0 fully saturated rings. The fraction of sp³-hybridized carbons (Fsp3) is 0.192. The van der Waals surface area contributed by atoms with Gasteiger partial charge in [0.1, 0.15) is 0 Å². The van der Waals surface area contributed by atoms with Crippen LogP contribution >= 0.6 is 35.4 Å². The third-order valence-electron chi connectivity index (χ3n) is 4.98. The molecule has 3 rings (SSSR count). The highest BCUT2D eigenvalue weighted by molar-refractivity contribution is 7.80. The van der Waals surface area contributed by atoms with E-state index in [4.69, 9.17) is 40.2 Å². The maximum atomic E-state index is 12.9. The van der Waals surface area contributed by atoms with E-state index in [1.165, 1.54) is 0 Å². The first-order valence-corrected chi connectivity index (χ1v) is 11.8. The second kappa shape index (κ2) is 11.5. The van der Waals surface area contributed by atoms with E-state index >= 15 is 0 Å². The Labute approximate surface area is 214 Å². The van der Waals surface area contributed by atoms with Crippen molar-refractivity contribution in [1.82, 2.24) is 5.32 Å². The van der Waals surface area contributed by atoms with Gasteiger partial charge in [0.05, 0.1) is 18.7 Å². The lowest BCUT2D eigenvalue weighted by Crippen LogP contribution is -2.42. The summed E-state index contributed by atoms with van der Waals surface area (Å²) < 4.78 is 5.05. The molecule has 0 radical (unpaired) electrons. The number of rotatable bonds is 6. The molecule has 0 bridgehead atoms. The summed E-state index contributed by atoms with van der Waals surface area (Å²) in [4.78, 5) is 26.7. The number of thiocarbonyl (C=S) groups is 1. The average Bonchev–Trinajstić information content (AvgIpc) is 2.78. The number of hydrogen-bond donors (Lipinski definition) is 1. The van der Waals surface area contributed by atoms with E-state index in [1.54, 1.807) is 66.4 Å². The largest absolute Gasteiger partial charge is 0.462 e. The molecule has 0 saturated carbocycles. The number of anilines is 1. The van der Waals surface area contributed by atoms with Gasteiger partial charge in [0.25, 0.3) is 5.91 Å². The van der Waals surface area contributed by atoms with E-state index in [-0.39, 0.29) is 24.2 Å². The van der Waals surface area contributed by atoms with Gasteiger partial charge in [-0.3, -0.25) is 10.1 Å². The van der Waals surface area contributed by atoms with E-state index in [0.717, 1.165) is 16.7 Å². The van der Waals surface area contributed by atoms with Crippen LogP contribution in [-0.4, -0.2) is 23.6 Å². The molecule has 1 amide bonds. The number of esters is 1. The molecule has 0 aliphatic heterocycles. The first kappa shape index (κ1) is 25.7. The zero-order chi connectivity index (χ0) is 24.8. The number of carbonyl (C=O) groups is 2. The Morgan fingerprint density at radius 3 is 2.18 bits per heavy atom. The van der Waals surface area contributed by atoms with Crippen LogP contribution in [0, 0.1) is 13.8 Å². The van der Waals surface area contributed by atoms with Crippen LogP contribution in [0.15, 0.2) is 60.7 Å². The molecule has 176 valence electrons. The molecule has 0 unspecified atom stereocenters. The maximum Gasteiger partial charge on any atom is 0.338 e. The summed E-state index contributed by atoms with van der Waals surface area (Å²) in [5, 5.41) is 4.00.